The average Bonchev–Trinajstić information content (AvgIpc) is 3.04. The van der Waals surface area contributed by atoms with Gasteiger partial charge in [0.05, 0.1) is 12.0 Å². The van der Waals surface area contributed by atoms with Crippen LogP contribution < -0.4 is 9.47 Å². The number of methoxy groups -OCH3 is 1. The van der Waals surface area contributed by atoms with E-state index in [2.05, 4.69) is 44.2 Å². The molecule has 0 aromatic heterocycles. The van der Waals surface area contributed by atoms with Crippen molar-refractivity contribution in [3.63, 3.8) is 0 Å². The predicted octanol–water partition coefficient (Wildman–Crippen LogP) is 6.28. The molecule has 1 aliphatic rings. The zero-order valence-corrected chi connectivity index (χ0v) is 20.0. The molecule has 0 radical (unpaired) electrons. The summed E-state index contributed by atoms with van der Waals surface area (Å²) in [5.74, 6) is 1.60. The summed E-state index contributed by atoms with van der Waals surface area (Å²) in [5, 5.41) is 2.39. The van der Waals surface area contributed by atoms with Crippen LogP contribution in [0.1, 0.15) is 25.0 Å². The van der Waals surface area contributed by atoms with E-state index in [9.17, 15) is 4.79 Å². The number of rotatable bonds is 7. The molecule has 1 aliphatic heterocycles. The molecule has 3 aromatic carbocycles. The van der Waals surface area contributed by atoms with Crippen molar-refractivity contribution >= 4 is 51.1 Å². The van der Waals surface area contributed by atoms with Crippen molar-refractivity contribution in [2.45, 2.75) is 20.5 Å². The Hall–Kier alpha value is -2.83. The highest BCUT2D eigenvalue weighted by Crippen LogP contribution is 2.35. The smallest absolute Gasteiger partial charge is 0.266 e. The summed E-state index contributed by atoms with van der Waals surface area (Å²) >= 11 is 6.73. The molecule has 3 aromatic rings. The Kier molecular flexibility index (Phi) is 6.82. The van der Waals surface area contributed by atoms with Gasteiger partial charge in [0, 0.05) is 6.54 Å². The minimum atomic E-state index is -0.0377. The molecule has 1 saturated heterocycles. The summed E-state index contributed by atoms with van der Waals surface area (Å²) in [6, 6.07) is 20.2. The van der Waals surface area contributed by atoms with Crippen molar-refractivity contribution < 1.29 is 14.3 Å². The van der Waals surface area contributed by atoms with E-state index in [4.69, 9.17) is 21.7 Å². The minimum Gasteiger partial charge on any atom is -0.493 e. The van der Waals surface area contributed by atoms with Crippen molar-refractivity contribution in [2.75, 3.05) is 13.7 Å². The van der Waals surface area contributed by atoms with Crippen LogP contribution in [0.25, 0.3) is 16.8 Å². The Bertz CT molecular complexity index is 1200. The van der Waals surface area contributed by atoms with Crippen molar-refractivity contribution in [2.24, 2.45) is 5.92 Å². The maximum absolute atomic E-state index is 12.7. The molecule has 0 N–H and O–H groups in total. The lowest BCUT2D eigenvalue weighted by Crippen LogP contribution is -2.31. The Morgan fingerprint density at radius 3 is 2.56 bits per heavy atom. The van der Waals surface area contributed by atoms with Gasteiger partial charge in [-0.25, -0.2) is 0 Å². The molecular weight excluding hydrogens is 438 g/mol. The molecule has 0 spiro atoms. The van der Waals surface area contributed by atoms with Gasteiger partial charge in [-0.15, -0.1) is 0 Å². The number of hydrogen-bond donors (Lipinski definition) is 0. The fourth-order valence-corrected chi connectivity index (χ4v) is 4.83. The van der Waals surface area contributed by atoms with Crippen LogP contribution >= 0.6 is 24.0 Å². The van der Waals surface area contributed by atoms with Gasteiger partial charge in [-0.1, -0.05) is 80.3 Å². The van der Waals surface area contributed by atoms with Gasteiger partial charge in [0.1, 0.15) is 10.9 Å². The number of nitrogens with zero attached hydrogens (tertiary/aromatic N) is 1. The van der Waals surface area contributed by atoms with Crippen LogP contribution in [0.3, 0.4) is 0 Å². The normalized spacial score (nSPS) is 15.2. The molecule has 0 bridgehead atoms. The van der Waals surface area contributed by atoms with E-state index in [0.717, 1.165) is 11.1 Å². The van der Waals surface area contributed by atoms with Gasteiger partial charge in [0.15, 0.2) is 11.5 Å². The van der Waals surface area contributed by atoms with Crippen LogP contribution in [0.5, 0.6) is 11.5 Å². The highest BCUT2D eigenvalue weighted by Gasteiger charge is 2.32. The Labute approximate surface area is 198 Å². The van der Waals surface area contributed by atoms with Crippen molar-refractivity contribution in [1.29, 1.82) is 0 Å². The summed E-state index contributed by atoms with van der Waals surface area (Å²) in [5.41, 5.74) is 1.95. The quantitative estimate of drug-likeness (QED) is 0.304. The molecule has 4 nitrogen and oxygen atoms in total. The maximum atomic E-state index is 12.7. The number of thiocarbonyl (C=S) groups is 1. The Morgan fingerprint density at radius 2 is 1.81 bits per heavy atom. The molecule has 1 heterocycles. The fourth-order valence-electron chi connectivity index (χ4n) is 3.56. The molecule has 0 aliphatic carbocycles. The molecule has 1 fully saturated rings. The van der Waals surface area contributed by atoms with E-state index in [1.165, 1.54) is 22.5 Å². The highest BCUT2D eigenvalue weighted by molar-refractivity contribution is 8.26. The van der Waals surface area contributed by atoms with Crippen LogP contribution in [0.2, 0.25) is 0 Å². The molecule has 1 amide bonds. The number of carbonyl (C=O) groups excluding carboxylic acids is 1. The number of benzene rings is 3. The lowest BCUT2D eigenvalue weighted by Gasteiger charge is -2.16. The number of ether oxygens (including phenoxy) is 2. The van der Waals surface area contributed by atoms with Gasteiger partial charge in [-0.3, -0.25) is 9.69 Å². The third kappa shape index (κ3) is 4.97. The van der Waals surface area contributed by atoms with E-state index >= 15 is 0 Å². The van der Waals surface area contributed by atoms with Crippen LogP contribution in [-0.4, -0.2) is 28.8 Å². The first-order valence-corrected chi connectivity index (χ1v) is 11.7. The second-order valence-corrected chi connectivity index (χ2v) is 9.74. The van der Waals surface area contributed by atoms with Gasteiger partial charge >= 0.3 is 0 Å². The zero-order chi connectivity index (χ0) is 22.7. The van der Waals surface area contributed by atoms with E-state index in [1.807, 2.05) is 36.4 Å². The number of hydrogen-bond acceptors (Lipinski definition) is 5. The van der Waals surface area contributed by atoms with Gasteiger partial charge in [0.25, 0.3) is 5.91 Å². The van der Waals surface area contributed by atoms with Gasteiger partial charge < -0.3 is 9.47 Å². The average molecular weight is 464 g/mol. The second-order valence-electron chi connectivity index (χ2n) is 8.07. The summed E-state index contributed by atoms with van der Waals surface area (Å²) in [6.45, 7) is 5.22. The maximum Gasteiger partial charge on any atom is 0.266 e. The molecule has 6 heteroatoms. The zero-order valence-electron chi connectivity index (χ0n) is 18.3. The summed E-state index contributed by atoms with van der Waals surface area (Å²) in [6.07, 6.45) is 1.86. The van der Waals surface area contributed by atoms with Crippen molar-refractivity contribution in [3.05, 3.63) is 76.7 Å². The molecule has 0 saturated carbocycles. The monoisotopic (exact) mass is 463 g/mol. The van der Waals surface area contributed by atoms with Crippen LogP contribution in [0.4, 0.5) is 0 Å². The van der Waals surface area contributed by atoms with Crippen LogP contribution in [0.15, 0.2) is 65.6 Å². The molecule has 164 valence electrons. The lowest BCUT2D eigenvalue weighted by atomic mass is 10.1. The third-order valence-corrected chi connectivity index (χ3v) is 6.49. The molecule has 4 rings (SSSR count). The topological polar surface area (TPSA) is 38.8 Å². The highest BCUT2D eigenvalue weighted by atomic mass is 32.2. The molecule has 32 heavy (non-hydrogen) atoms. The SMILES string of the molecule is COc1cc(/C=C2\SC(=S)N(CC(C)C)C2=O)ccc1OCc1ccc2ccccc2c1. The second kappa shape index (κ2) is 9.76. The fraction of sp³-hybridized carbons (Fsp3) is 0.231. The number of fused-ring (bicyclic) bond motifs is 1. The Morgan fingerprint density at radius 1 is 1.03 bits per heavy atom. The van der Waals surface area contributed by atoms with E-state index in [-0.39, 0.29) is 5.91 Å². The van der Waals surface area contributed by atoms with Crippen molar-refractivity contribution in [3.8, 4) is 11.5 Å². The lowest BCUT2D eigenvalue weighted by molar-refractivity contribution is -0.122. The summed E-state index contributed by atoms with van der Waals surface area (Å²) in [7, 11) is 1.62. The number of amides is 1. The molecule has 0 atom stereocenters. The summed E-state index contributed by atoms with van der Waals surface area (Å²) in [4.78, 5) is 15.0. The summed E-state index contributed by atoms with van der Waals surface area (Å²) < 4.78 is 12.2. The third-order valence-electron chi connectivity index (χ3n) is 5.11. The number of thioether (sulfide) groups is 1. The van der Waals surface area contributed by atoms with Gasteiger partial charge in [-0.05, 0) is 52.1 Å². The first kappa shape index (κ1) is 22.4. The largest absolute Gasteiger partial charge is 0.493 e. The first-order valence-electron chi connectivity index (χ1n) is 10.5. The van der Waals surface area contributed by atoms with E-state index < -0.39 is 0 Å². The standard InChI is InChI=1S/C26H25NO3S2/c1-17(2)15-27-25(28)24(32-26(27)31)14-18-9-11-22(23(13-18)29-3)30-16-19-8-10-20-6-4-5-7-21(20)12-19/h4-14,17H,15-16H2,1-3H3/b24-14-. The van der Waals surface area contributed by atoms with Crippen LogP contribution in [-0.2, 0) is 11.4 Å². The predicted molar refractivity (Wildman–Crippen MR) is 136 cm³/mol. The van der Waals surface area contributed by atoms with Gasteiger partial charge in [-0.2, -0.15) is 0 Å². The van der Waals surface area contributed by atoms with Crippen molar-refractivity contribution in [1.82, 2.24) is 4.90 Å². The molecule has 0 unspecified atom stereocenters. The number of carbonyl (C=O) groups is 1. The van der Waals surface area contributed by atoms with E-state index in [0.29, 0.717) is 39.8 Å². The Balaban J connectivity index is 1.49. The first-order chi connectivity index (χ1) is 15.4. The molecular formula is C26H25NO3S2. The minimum absolute atomic E-state index is 0.0377. The van der Waals surface area contributed by atoms with Crippen LogP contribution in [0, 0.1) is 5.92 Å². The van der Waals surface area contributed by atoms with Gasteiger partial charge in [0.2, 0.25) is 0 Å². The van der Waals surface area contributed by atoms with E-state index in [1.54, 1.807) is 12.0 Å².